The minimum atomic E-state index is -3.98. The summed E-state index contributed by atoms with van der Waals surface area (Å²) in [5.74, 6) is -2.21. The Morgan fingerprint density at radius 3 is 2.56 bits per heavy atom. The van der Waals surface area contributed by atoms with E-state index in [0.29, 0.717) is 22.7 Å². The first-order valence-corrected chi connectivity index (χ1v) is 11.8. The van der Waals surface area contributed by atoms with Gasteiger partial charge in [0.1, 0.15) is 23.1 Å². The number of pyridine rings is 1. The van der Waals surface area contributed by atoms with Gasteiger partial charge in [-0.15, -0.1) is 0 Å². The number of hydrogen-bond acceptors (Lipinski definition) is 5. The zero-order chi connectivity index (χ0) is 24.6. The van der Waals surface area contributed by atoms with Crippen LogP contribution in [0.15, 0.2) is 59.5 Å². The van der Waals surface area contributed by atoms with Gasteiger partial charge in [0.2, 0.25) is 10.0 Å². The second kappa shape index (κ2) is 8.75. The van der Waals surface area contributed by atoms with E-state index in [1.807, 2.05) is 4.72 Å². The number of H-pyrrole nitrogens is 1. The maximum atomic E-state index is 14.5. The zero-order valence-corrected chi connectivity index (χ0v) is 18.9. The van der Waals surface area contributed by atoms with Crippen molar-refractivity contribution in [2.75, 3.05) is 13.4 Å². The van der Waals surface area contributed by atoms with E-state index >= 15 is 0 Å². The summed E-state index contributed by atoms with van der Waals surface area (Å²) in [6.07, 6.45) is 2.23. The maximum Gasteiger partial charge on any atom is 0.282 e. The molecule has 4 rings (SSSR count). The fourth-order valence-electron chi connectivity index (χ4n) is 3.79. The van der Waals surface area contributed by atoms with Crippen molar-refractivity contribution in [2.45, 2.75) is 6.54 Å². The lowest BCUT2D eigenvalue weighted by Crippen LogP contribution is -2.32. The Kier molecular flexibility index (Phi) is 5.96. The summed E-state index contributed by atoms with van der Waals surface area (Å²) in [4.78, 5) is 28.5. The smallest absolute Gasteiger partial charge is 0.282 e. The number of amides is 1. The number of nitrogens with zero attached hydrogens (tertiary/aromatic N) is 1. The molecule has 0 aliphatic heterocycles. The number of ether oxygens (including phenoxy) is 1. The van der Waals surface area contributed by atoms with Gasteiger partial charge in [0.05, 0.1) is 19.9 Å². The van der Waals surface area contributed by atoms with E-state index in [0.717, 1.165) is 12.3 Å². The van der Waals surface area contributed by atoms with Crippen LogP contribution in [0.4, 0.5) is 8.78 Å². The highest BCUT2D eigenvalue weighted by Crippen LogP contribution is 2.36. The van der Waals surface area contributed by atoms with Crippen molar-refractivity contribution in [1.29, 1.82) is 0 Å². The molecule has 0 aliphatic carbocycles. The van der Waals surface area contributed by atoms with E-state index in [1.54, 1.807) is 24.3 Å². The van der Waals surface area contributed by atoms with E-state index < -0.39 is 33.1 Å². The van der Waals surface area contributed by atoms with Crippen LogP contribution in [0.3, 0.4) is 0 Å². The van der Waals surface area contributed by atoms with Crippen molar-refractivity contribution in [3.05, 3.63) is 88.0 Å². The molecule has 0 fully saturated rings. The Morgan fingerprint density at radius 1 is 1.15 bits per heavy atom. The number of fused-ring (bicyclic) bond motifs is 1. The van der Waals surface area contributed by atoms with Crippen molar-refractivity contribution >= 4 is 26.8 Å². The normalized spacial score (nSPS) is 11.5. The molecule has 2 aromatic carbocycles. The molecule has 34 heavy (non-hydrogen) atoms. The van der Waals surface area contributed by atoms with E-state index in [2.05, 4.69) is 4.98 Å². The third-order valence-corrected chi connectivity index (χ3v) is 5.75. The average molecular weight is 487 g/mol. The molecule has 0 unspecified atom stereocenters. The molecule has 0 saturated carbocycles. The molecule has 0 saturated heterocycles. The summed E-state index contributed by atoms with van der Waals surface area (Å²) in [7, 11) is -2.54. The van der Waals surface area contributed by atoms with Gasteiger partial charge in [-0.1, -0.05) is 6.07 Å². The molecule has 11 heteroatoms. The largest absolute Gasteiger partial charge is 0.497 e. The fraction of sp³-hybridized carbons (Fsp3) is 0.130. The molecule has 176 valence electrons. The minimum absolute atomic E-state index is 0.0519. The van der Waals surface area contributed by atoms with E-state index in [4.69, 9.17) is 4.74 Å². The zero-order valence-electron chi connectivity index (χ0n) is 18.1. The van der Waals surface area contributed by atoms with Crippen molar-refractivity contribution in [1.82, 2.24) is 14.3 Å². The van der Waals surface area contributed by atoms with Gasteiger partial charge in [-0.25, -0.2) is 21.9 Å². The summed E-state index contributed by atoms with van der Waals surface area (Å²) in [6.45, 7) is -0.244. The average Bonchev–Trinajstić information content (AvgIpc) is 3.08. The third-order valence-electron chi connectivity index (χ3n) is 5.19. The highest BCUT2D eigenvalue weighted by Gasteiger charge is 2.28. The predicted octanol–water partition coefficient (Wildman–Crippen LogP) is 3.02. The van der Waals surface area contributed by atoms with Crippen LogP contribution in [-0.4, -0.2) is 37.2 Å². The monoisotopic (exact) mass is 487 g/mol. The number of methoxy groups -OCH3 is 1. The molecule has 8 nitrogen and oxygen atoms in total. The lowest BCUT2D eigenvalue weighted by atomic mass is 10.0. The Balaban J connectivity index is 2.10. The van der Waals surface area contributed by atoms with Gasteiger partial charge in [-0.2, -0.15) is 0 Å². The summed E-state index contributed by atoms with van der Waals surface area (Å²) in [6, 6.07) is 10.9. The van der Waals surface area contributed by atoms with Gasteiger partial charge < -0.3 is 14.3 Å². The first kappa shape index (κ1) is 23.2. The number of benzene rings is 2. The second-order valence-corrected chi connectivity index (χ2v) is 9.29. The van der Waals surface area contributed by atoms with Crippen molar-refractivity contribution in [3.63, 3.8) is 0 Å². The molecule has 2 N–H and O–H groups in total. The van der Waals surface area contributed by atoms with Gasteiger partial charge in [0.15, 0.2) is 0 Å². The number of aromatic amines is 1. The first-order chi connectivity index (χ1) is 16.1. The van der Waals surface area contributed by atoms with E-state index in [9.17, 15) is 26.8 Å². The summed E-state index contributed by atoms with van der Waals surface area (Å²) in [5.41, 5.74) is -0.0190. The summed E-state index contributed by atoms with van der Waals surface area (Å²) in [5, 5.41) is 0.400. The van der Waals surface area contributed by atoms with E-state index in [1.165, 1.54) is 30.0 Å². The van der Waals surface area contributed by atoms with Crippen LogP contribution in [-0.2, 0) is 16.6 Å². The molecular formula is C23H19F2N3O5S. The number of aromatic nitrogens is 2. The molecule has 0 spiro atoms. The summed E-state index contributed by atoms with van der Waals surface area (Å²) >= 11 is 0. The molecule has 4 aromatic rings. The Hall–Kier alpha value is -3.99. The quantitative estimate of drug-likeness (QED) is 0.435. The first-order valence-electron chi connectivity index (χ1n) is 9.93. The number of carbonyl (C=O) groups excluding carboxylic acids is 1. The van der Waals surface area contributed by atoms with Crippen LogP contribution >= 0.6 is 0 Å². The van der Waals surface area contributed by atoms with Crippen LogP contribution in [0.2, 0.25) is 0 Å². The highest BCUT2D eigenvalue weighted by molar-refractivity contribution is 7.89. The van der Waals surface area contributed by atoms with Crippen LogP contribution in [0.25, 0.3) is 22.0 Å². The molecule has 0 radical (unpaired) electrons. The summed E-state index contributed by atoms with van der Waals surface area (Å²) < 4.78 is 60.3. The predicted molar refractivity (Wildman–Crippen MR) is 122 cm³/mol. The highest BCUT2D eigenvalue weighted by atomic mass is 32.2. The lowest BCUT2D eigenvalue weighted by molar-refractivity contribution is 0.0974. The van der Waals surface area contributed by atoms with E-state index in [-0.39, 0.29) is 28.9 Å². The molecule has 0 bridgehead atoms. The molecule has 0 aliphatic rings. The number of halogens is 2. The van der Waals surface area contributed by atoms with Gasteiger partial charge in [-0.3, -0.25) is 9.59 Å². The van der Waals surface area contributed by atoms with Crippen LogP contribution in [0.5, 0.6) is 5.75 Å². The van der Waals surface area contributed by atoms with Gasteiger partial charge in [0, 0.05) is 39.9 Å². The third kappa shape index (κ3) is 4.42. The molecule has 2 aromatic heterocycles. The molecule has 0 atom stereocenters. The van der Waals surface area contributed by atoms with Gasteiger partial charge >= 0.3 is 0 Å². The topological polar surface area (TPSA) is 110 Å². The van der Waals surface area contributed by atoms with Gasteiger partial charge in [0.25, 0.3) is 11.5 Å². The minimum Gasteiger partial charge on any atom is -0.497 e. The van der Waals surface area contributed by atoms with Crippen LogP contribution in [0.1, 0.15) is 16.1 Å². The molecular weight excluding hydrogens is 468 g/mol. The maximum absolute atomic E-state index is 14.5. The Morgan fingerprint density at radius 2 is 1.91 bits per heavy atom. The standard InChI is InChI=1S/C23H19F2N3O5S/c1-33-15-7-8-19-17(11-15)20(16-4-3-9-26-22(16)29)21(23(30)27-34(2,31)32)28(19)12-13-5-6-14(24)10-18(13)25/h3-11H,12H2,1-2H3,(H,26,29)(H,27,30). The molecule has 1 amide bonds. The van der Waals surface area contributed by atoms with Crippen molar-refractivity contribution < 1.29 is 26.7 Å². The number of hydrogen-bond donors (Lipinski definition) is 2. The number of sulfonamides is 1. The second-order valence-electron chi connectivity index (χ2n) is 7.54. The lowest BCUT2D eigenvalue weighted by Gasteiger charge is -2.13. The van der Waals surface area contributed by atoms with Crippen LogP contribution in [0, 0.1) is 11.6 Å². The SMILES string of the molecule is COc1ccc2c(c1)c(-c1ccc[nH]c1=O)c(C(=O)NS(C)(=O)=O)n2Cc1ccc(F)cc1F. The van der Waals surface area contributed by atoms with Crippen molar-refractivity contribution in [2.24, 2.45) is 0 Å². The number of rotatable bonds is 6. The Bertz CT molecular complexity index is 1590. The van der Waals surface area contributed by atoms with Crippen molar-refractivity contribution in [3.8, 4) is 16.9 Å². The Labute approximate surface area is 192 Å². The number of carbonyl (C=O) groups is 1. The van der Waals surface area contributed by atoms with Crippen LogP contribution < -0.4 is 15.0 Å². The van der Waals surface area contributed by atoms with Gasteiger partial charge in [-0.05, 0) is 36.4 Å². The fourth-order valence-corrected chi connectivity index (χ4v) is 4.22. The number of nitrogens with one attached hydrogen (secondary N) is 2. The molecule has 2 heterocycles.